The van der Waals surface area contributed by atoms with Crippen LogP contribution in [0.3, 0.4) is 0 Å². The van der Waals surface area contributed by atoms with Crippen LogP contribution in [0.15, 0.2) is 35.0 Å². The highest BCUT2D eigenvalue weighted by Gasteiger charge is 2.15. The molecule has 0 spiro atoms. The van der Waals surface area contributed by atoms with Crippen molar-refractivity contribution in [3.63, 3.8) is 0 Å². The van der Waals surface area contributed by atoms with Crippen molar-refractivity contribution in [2.75, 3.05) is 0 Å². The molecule has 0 aliphatic carbocycles. The van der Waals surface area contributed by atoms with Gasteiger partial charge in [0.05, 0.1) is 17.6 Å². The molecular formula is C15H15N3O3. The number of carboxylic acid groups (broad SMARTS) is 1. The molecule has 0 aliphatic rings. The zero-order valence-corrected chi connectivity index (χ0v) is 11.8. The van der Waals surface area contributed by atoms with Crippen LogP contribution < -0.4 is 0 Å². The van der Waals surface area contributed by atoms with Crippen molar-refractivity contribution >= 4 is 16.9 Å². The van der Waals surface area contributed by atoms with Gasteiger partial charge in [-0.3, -0.25) is 0 Å². The number of hydrogen-bond acceptors (Lipinski definition) is 4. The zero-order chi connectivity index (χ0) is 15.0. The van der Waals surface area contributed by atoms with Crippen LogP contribution in [0.2, 0.25) is 0 Å². The van der Waals surface area contributed by atoms with Gasteiger partial charge in [-0.15, -0.1) is 0 Å². The maximum Gasteiger partial charge on any atom is 0.337 e. The molecule has 0 saturated heterocycles. The Kier molecular flexibility index (Phi) is 3.21. The summed E-state index contributed by atoms with van der Waals surface area (Å²) in [5, 5.41) is 14.1. The van der Waals surface area contributed by atoms with Crippen molar-refractivity contribution in [3.05, 3.63) is 47.7 Å². The van der Waals surface area contributed by atoms with Crippen LogP contribution in [-0.2, 0) is 6.54 Å². The van der Waals surface area contributed by atoms with Crippen LogP contribution in [0.5, 0.6) is 0 Å². The molecule has 1 N–H and O–H groups in total. The molecule has 0 radical (unpaired) electrons. The maximum atomic E-state index is 11.3. The lowest BCUT2D eigenvalue weighted by Gasteiger charge is -2.05. The van der Waals surface area contributed by atoms with E-state index in [2.05, 4.69) is 10.1 Å². The largest absolute Gasteiger partial charge is 0.478 e. The number of nitrogens with zero attached hydrogens (tertiary/aromatic N) is 3. The first-order chi connectivity index (χ1) is 10.1. The number of hydrogen-bond donors (Lipinski definition) is 1. The molecule has 6 nitrogen and oxygen atoms in total. The molecule has 0 aliphatic heterocycles. The van der Waals surface area contributed by atoms with Crippen molar-refractivity contribution in [2.45, 2.75) is 26.3 Å². The fourth-order valence-corrected chi connectivity index (χ4v) is 2.28. The third-order valence-electron chi connectivity index (χ3n) is 3.31. The second kappa shape index (κ2) is 5.05. The molecule has 108 valence electrons. The Labute approximate surface area is 121 Å². The highest BCUT2D eigenvalue weighted by molar-refractivity contribution is 6.02. The Morgan fingerprint density at radius 2 is 2.19 bits per heavy atom. The van der Waals surface area contributed by atoms with Gasteiger partial charge in [-0.05, 0) is 12.1 Å². The number of rotatable bonds is 4. The topological polar surface area (TPSA) is 81.2 Å². The van der Waals surface area contributed by atoms with Crippen LogP contribution in [0.4, 0.5) is 0 Å². The number of carbonyl (C=O) groups is 1. The molecule has 1 aromatic carbocycles. The minimum atomic E-state index is -0.948. The summed E-state index contributed by atoms with van der Waals surface area (Å²) in [6, 6.07) is 7.09. The van der Waals surface area contributed by atoms with Crippen LogP contribution in [0.25, 0.3) is 10.9 Å². The second-order valence-electron chi connectivity index (χ2n) is 5.20. The summed E-state index contributed by atoms with van der Waals surface area (Å²) < 4.78 is 7.00. The van der Waals surface area contributed by atoms with Gasteiger partial charge in [0.1, 0.15) is 0 Å². The van der Waals surface area contributed by atoms with Crippen LogP contribution >= 0.6 is 0 Å². The molecule has 2 aromatic heterocycles. The molecule has 6 heteroatoms. The minimum absolute atomic E-state index is 0.169. The Bertz CT molecular complexity index is 801. The van der Waals surface area contributed by atoms with E-state index in [1.807, 2.05) is 36.7 Å². The monoisotopic (exact) mass is 285 g/mol. The Morgan fingerprint density at radius 3 is 2.86 bits per heavy atom. The van der Waals surface area contributed by atoms with E-state index in [-0.39, 0.29) is 11.5 Å². The molecule has 0 atom stereocenters. The molecule has 0 saturated carbocycles. The second-order valence-corrected chi connectivity index (χ2v) is 5.20. The molecule has 0 fully saturated rings. The first kappa shape index (κ1) is 13.4. The van der Waals surface area contributed by atoms with Gasteiger partial charge in [-0.25, -0.2) is 4.79 Å². The molecular weight excluding hydrogens is 270 g/mol. The van der Waals surface area contributed by atoms with E-state index in [0.717, 1.165) is 5.39 Å². The molecule has 3 aromatic rings. The van der Waals surface area contributed by atoms with E-state index in [9.17, 15) is 9.90 Å². The van der Waals surface area contributed by atoms with Gasteiger partial charge in [0.25, 0.3) is 0 Å². The normalized spacial score (nSPS) is 11.4. The van der Waals surface area contributed by atoms with Crippen molar-refractivity contribution in [1.29, 1.82) is 0 Å². The third kappa shape index (κ3) is 2.40. The molecule has 2 heterocycles. The smallest absolute Gasteiger partial charge is 0.337 e. The lowest BCUT2D eigenvalue weighted by molar-refractivity contribution is 0.0698. The molecule has 21 heavy (non-hydrogen) atoms. The predicted octanol–water partition coefficient (Wildman–Crippen LogP) is 2.89. The van der Waals surface area contributed by atoms with Crippen molar-refractivity contribution in [2.24, 2.45) is 0 Å². The summed E-state index contributed by atoms with van der Waals surface area (Å²) in [5.74, 6) is 0.343. The summed E-state index contributed by atoms with van der Waals surface area (Å²) in [6.45, 7) is 4.33. The van der Waals surface area contributed by atoms with E-state index in [1.54, 1.807) is 12.1 Å². The highest BCUT2D eigenvalue weighted by atomic mass is 16.5. The summed E-state index contributed by atoms with van der Waals surface area (Å²) in [6.07, 6.45) is 1.84. The van der Waals surface area contributed by atoms with E-state index in [4.69, 9.17) is 4.52 Å². The molecule has 0 bridgehead atoms. The molecule has 3 rings (SSSR count). The Balaban J connectivity index is 2.02. The zero-order valence-electron chi connectivity index (χ0n) is 11.8. The summed E-state index contributed by atoms with van der Waals surface area (Å²) >= 11 is 0. The third-order valence-corrected chi connectivity index (χ3v) is 3.31. The Hall–Kier alpha value is -2.63. The standard InChI is InChI=1S/C15H15N3O3/c1-9(2)14-16-12(17-21-14)8-18-7-6-10-4-3-5-11(13(10)18)15(19)20/h3-7,9H,8H2,1-2H3,(H,19,20). The number of aromatic nitrogens is 3. The van der Waals surface area contributed by atoms with Crippen molar-refractivity contribution in [3.8, 4) is 0 Å². The molecule has 0 unspecified atom stereocenters. The number of para-hydroxylation sites is 1. The van der Waals surface area contributed by atoms with E-state index >= 15 is 0 Å². The first-order valence-corrected chi connectivity index (χ1v) is 6.70. The van der Waals surface area contributed by atoms with Crippen molar-refractivity contribution < 1.29 is 14.4 Å². The summed E-state index contributed by atoms with van der Waals surface area (Å²) in [7, 11) is 0. The van der Waals surface area contributed by atoms with Gasteiger partial charge in [-0.1, -0.05) is 31.1 Å². The van der Waals surface area contributed by atoms with Crippen LogP contribution in [0, 0.1) is 0 Å². The summed E-state index contributed by atoms with van der Waals surface area (Å²) in [4.78, 5) is 15.7. The minimum Gasteiger partial charge on any atom is -0.478 e. The fraction of sp³-hybridized carbons (Fsp3) is 0.267. The van der Waals surface area contributed by atoms with Gasteiger partial charge in [0, 0.05) is 17.5 Å². The number of carboxylic acids is 1. The van der Waals surface area contributed by atoms with E-state index in [1.165, 1.54) is 0 Å². The fourth-order valence-electron chi connectivity index (χ4n) is 2.28. The van der Waals surface area contributed by atoms with E-state index in [0.29, 0.717) is 23.8 Å². The van der Waals surface area contributed by atoms with Gasteiger partial charge in [0.2, 0.25) is 5.89 Å². The average Bonchev–Trinajstić information content (AvgIpc) is 3.06. The maximum absolute atomic E-state index is 11.3. The molecule has 0 amide bonds. The highest BCUT2D eigenvalue weighted by Crippen LogP contribution is 2.21. The number of fused-ring (bicyclic) bond motifs is 1. The van der Waals surface area contributed by atoms with Gasteiger partial charge in [-0.2, -0.15) is 4.98 Å². The SMILES string of the molecule is CC(C)c1nc(Cn2ccc3cccc(C(=O)O)c32)no1. The quantitative estimate of drug-likeness (QED) is 0.797. The predicted molar refractivity (Wildman–Crippen MR) is 76.4 cm³/mol. The number of benzene rings is 1. The van der Waals surface area contributed by atoms with Gasteiger partial charge in [0.15, 0.2) is 5.82 Å². The van der Waals surface area contributed by atoms with Crippen molar-refractivity contribution in [1.82, 2.24) is 14.7 Å². The average molecular weight is 285 g/mol. The number of aromatic carboxylic acids is 1. The van der Waals surface area contributed by atoms with Crippen LogP contribution in [0.1, 0.15) is 41.8 Å². The lowest BCUT2D eigenvalue weighted by Crippen LogP contribution is -2.05. The van der Waals surface area contributed by atoms with Crippen LogP contribution in [-0.4, -0.2) is 25.8 Å². The van der Waals surface area contributed by atoms with E-state index < -0.39 is 5.97 Å². The Morgan fingerprint density at radius 1 is 1.38 bits per heavy atom. The summed E-state index contributed by atoms with van der Waals surface area (Å²) in [5.41, 5.74) is 0.936. The lowest BCUT2D eigenvalue weighted by atomic mass is 10.1. The van der Waals surface area contributed by atoms with Gasteiger partial charge < -0.3 is 14.2 Å². The first-order valence-electron chi connectivity index (χ1n) is 6.70. The van der Waals surface area contributed by atoms with Gasteiger partial charge >= 0.3 is 5.97 Å².